The Kier molecular flexibility index (Phi) is 6.26. The fourth-order valence-corrected chi connectivity index (χ4v) is 4.91. The van der Waals surface area contributed by atoms with Crippen LogP contribution in [0.3, 0.4) is 0 Å². The van der Waals surface area contributed by atoms with Gasteiger partial charge in [0.05, 0.1) is 27.3 Å². The first-order valence-electron chi connectivity index (χ1n) is 10.0. The Morgan fingerprint density at radius 1 is 1.27 bits per heavy atom. The maximum Gasteiger partial charge on any atom is 0.338 e. The molecule has 0 N–H and O–H groups in total. The minimum absolute atomic E-state index is 0.0398. The molecule has 4 rings (SSSR count). The van der Waals surface area contributed by atoms with Gasteiger partial charge in [-0.05, 0) is 49.2 Å². The Morgan fingerprint density at radius 3 is 2.61 bits per heavy atom. The van der Waals surface area contributed by atoms with E-state index in [0.29, 0.717) is 31.2 Å². The van der Waals surface area contributed by atoms with Crippen molar-refractivity contribution in [2.45, 2.75) is 19.9 Å². The summed E-state index contributed by atoms with van der Waals surface area (Å²) in [4.78, 5) is 41.7. The lowest BCUT2D eigenvalue weighted by molar-refractivity contribution is -0.384. The van der Waals surface area contributed by atoms with Crippen molar-refractivity contribution in [1.29, 1.82) is 0 Å². The molecule has 0 saturated heterocycles. The van der Waals surface area contributed by atoms with Gasteiger partial charge in [0.1, 0.15) is 6.04 Å². The molecule has 0 fully saturated rings. The second-order valence-corrected chi connectivity index (χ2v) is 8.59. The second-order valence-electron chi connectivity index (χ2n) is 7.17. The molecule has 10 heteroatoms. The van der Waals surface area contributed by atoms with Crippen LogP contribution < -0.4 is 14.9 Å². The average molecular weight is 484 g/mol. The Morgan fingerprint density at radius 2 is 1.97 bits per heavy atom. The molecule has 0 aliphatic carbocycles. The maximum atomic E-state index is 13.5. The number of carbonyl (C=O) groups excluding carboxylic acids is 1. The molecule has 1 atom stereocenters. The first-order valence-corrected chi connectivity index (χ1v) is 11.2. The molecule has 0 saturated carbocycles. The van der Waals surface area contributed by atoms with E-state index in [-0.39, 0.29) is 23.4 Å². The van der Waals surface area contributed by atoms with E-state index < -0.39 is 16.9 Å². The summed E-state index contributed by atoms with van der Waals surface area (Å²) in [5.74, 6) is -0.562. The fraction of sp³-hybridized carbons (Fsp3) is 0.174. The van der Waals surface area contributed by atoms with Crippen LogP contribution in [-0.4, -0.2) is 22.1 Å². The lowest BCUT2D eigenvalue weighted by atomic mass is 9.96. The Hall–Kier alpha value is -3.56. The van der Waals surface area contributed by atoms with Gasteiger partial charge in [-0.3, -0.25) is 19.5 Å². The zero-order valence-corrected chi connectivity index (χ0v) is 19.2. The standard InChI is InChI=1S/C23H18ClN3O5S/c1-3-32-22(29)19-13(2)25-23-26(20(19)16-6-4-5-7-17(16)24)21(28)18(33-23)12-14-8-10-15(11-9-14)27(30)31/h4-12,20H,3H2,1-2H3/b18-12+. The third kappa shape index (κ3) is 4.24. The van der Waals surface area contributed by atoms with Crippen molar-refractivity contribution in [3.05, 3.63) is 106 Å². The summed E-state index contributed by atoms with van der Waals surface area (Å²) in [6.07, 6.45) is 1.64. The molecule has 0 spiro atoms. The summed E-state index contributed by atoms with van der Waals surface area (Å²) in [7, 11) is 0. The SMILES string of the molecule is CCOC(=O)C1=C(C)N=c2s/c(=C/c3ccc([N+](=O)[O-])cc3)c(=O)n2C1c1ccccc1Cl. The number of esters is 1. The quantitative estimate of drug-likeness (QED) is 0.314. The molecule has 1 aliphatic heterocycles. The number of hydrogen-bond donors (Lipinski definition) is 0. The van der Waals surface area contributed by atoms with Gasteiger partial charge in [0, 0.05) is 17.2 Å². The first-order chi connectivity index (χ1) is 15.8. The number of carbonyl (C=O) groups is 1. The number of ether oxygens (including phenoxy) is 1. The Bertz CT molecular complexity index is 1470. The fourth-order valence-electron chi connectivity index (χ4n) is 3.63. The van der Waals surface area contributed by atoms with Crippen LogP contribution in [0.5, 0.6) is 0 Å². The van der Waals surface area contributed by atoms with Gasteiger partial charge in [-0.1, -0.05) is 41.1 Å². The molecule has 2 aromatic carbocycles. The lowest BCUT2D eigenvalue weighted by Gasteiger charge is -2.25. The highest BCUT2D eigenvalue weighted by atomic mass is 35.5. The number of fused-ring (bicyclic) bond motifs is 1. The highest BCUT2D eigenvalue weighted by Gasteiger charge is 2.34. The summed E-state index contributed by atoms with van der Waals surface area (Å²) in [5, 5.41) is 11.3. The summed E-state index contributed by atoms with van der Waals surface area (Å²) in [6, 6.07) is 12.1. The van der Waals surface area contributed by atoms with Crippen LogP contribution in [0.2, 0.25) is 5.02 Å². The van der Waals surface area contributed by atoms with Gasteiger partial charge in [-0.25, -0.2) is 9.79 Å². The topological polar surface area (TPSA) is 104 Å². The van der Waals surface area contributed by atoms with Crippen LogP contribution in [0.1, 0.15) is 31.0 Å². The van der Waals surface area contributed by atoms with E-state index >= 15 is 0 Å². The number of allylic oxidation sites excluding steroid dienone is 1. The molecule has 0 amide bonds. The van der Waals surface area contributed by atoms with Gasteiger partial charge < -0.3 is 4.74 Å². The van der Waals surface area contributed by atoms with Crippen molar-refractivity contribution >= 4 is 40.7 Å². The van der Waals surface area contributed by atoms with Crippen molar-refractivity contribution in [3.8, 4) is 0 Å². The van der Waals surface area contributed by atoms with Crippen LogP contribution >= 0.6 is 22.9 Å². The van der Waals surface area contributed by atoms with E-state index in [0.717, 1.165) is 0 Å². The largest absolute Gasteiger partial charge is 0.463 e. The maximum absolute atomic E-state index is 13.5. The number of halogens is 1. The van der Waals surface area contributed by atoms with Gasteiger partial charge in [-0.15, -0.1) is 0 Å². The highest BCUT2D eigenvalue weighted by Crippen LogP contribution is 2.34. The van der Waals surface area contributed by atoms with Crippen LogP contribution in [0.15, 0.2) is 69.6 Å². The predicted molar refractivity (Wildman–Crippen MR) is 125 cm³/mol. The number of nitro groups is 1. The van der Waals surface area contributed by atoms with E-state index in [1.807, 2.05) is 0 Å². The smallest absolute Gasteiger partial charge is 0.338 e. The molecule has 2 heterocycles. The molecular formula is C23H18ClN3O5S. The minimum atomic E-state index is -0.798. The second kappa shape index (κ2) is 9.13. The van der Waals surface area contributed by atoms with Gasteiger partial charge in [0.2, 0.25) is 0 Å². The lowest BCUT2D eigenvalue weighted by Crippen LogP contribution is -2.40. The van der Waals surface area contributed by atoms with Crippen LogP contribution in [-0.2, 0) is 9.53 Å². The number of hydrogen-bond acceptors (Lipinski definition) is 7. The van der Waals surface area contributed by atoms with Gasteiger partial charge in [-0.2, -0.15) is 0 Å². The summed E-state index contributed by atoms with van der Waals surface area (Å²) in [5.41, 5.74) is 1.51. The molecule has 0 radical (unpaired) electrons. The van der Waals surface area contributed by atoms with Crippen molar-refractivity contribution in [2.75, 3.05) is 6.61 Å². The number of nitrogens with zero attached hydrogens (tertiary/aromatic N) is 3. The van der Waals surface area contributed by atoms with E-state index in [1.54, 1.807) is 56.3 Å². The zero-order valence-electron chi connectivity index (χ0n) is 17.6. The van der Waals surface area contributed by atoms with E-state index in [9.17, 15) is 19.7 Å². The average Bonchev–Trinajstić information content (AvgIpc) is 3.08. The highest BCUT2D eigenvalue weighted by molar-refractivity contribution is 7.07. The van der Waals surface area contributed by atoms with Gasteiger partial charge in [0.25, 0.3) is 11.2 Å². The van der Waals surface area contributed by atoms with Crippen LogP contribution in [0, 0.1) is 10.1 Å². The monoisotopic (exact) mass is 483 g/mol. The van der Waals surface area contributed by atoms with E-state index in [4.69, 9.17) is 16.3 Å². The summed E-state index contributed by atoms with van der Waals surface area (Å²) >= 11 is 7.64. The zero-order chi connectivity index (χ0) is 23.7. The van der Waals surface area contributed by atoms with Crippen LogP contribution in [0.4, 0.5) is 5.69 Å². The Labute approximate surface area is 196 Å². The molecule has 168 valence electrons. The first kappa shape index (κ1) is 22.6. The predicted octanol–water partition coefficient (Wildman–Crippen LogP) is 3.36. The number of nitro benzene ring substituents is 1. The van der Waals surface area contributed by atoms with E-state index in [2.05, 4.69) is 4.99 Å². The molecule has 8 nitrogen and oxygen atoms in total. The molecular weight excluding hydrogens is 466 g/mol. The summed E-state index contributed by atoms with van der Waals surface area (Å²) < 4.78 is 7.08. The third-order valence-electron chi connectivity index (χ3n) is 5.12. The van der Waals surface area contributed by atoms with Crippen LogP contribution in [0.25, 0.3) is 6.08 Å². The minimum Gasteiger partial charge on any atom is -0.463 e. The Balaban J connectivity index is 1.93. The molecule has 1 aromatic heterocycles. The normalized spacial score (nSPS) is 15.7. The number of aromatic nitrogens is 1. The number of benzene rings is 2. The summed E-state index contributed by atoms with van der Waals surface area (Å²) in [6.45, 7) is 3.58. The molecule has 3 aromatic rings. The third-order valence-corrected chi connectivity index (χ3v) is 6.45. The molecule has 33 heavy (non-hydrogen) atoms. The molecule has 1 aliphatic rings. The van der Waals surface area contributed by atoms with Gasteiger partial charge in [0.15, 0.2) is 4.80 Å². The number of thiazole rings is 1. The van der Waals surface area contributed by atoms with Crippen molar-refractivity contribution < 1.29 is 14.5 Å². The number of non-ortho nitro benzene ring substituents is 1. The van der Waals surface area contributed by atoms with Crippen molar-refractivity contribution in [1.82, 2.24) is 4.57 Å². The van der Waals surface area contributed by atoms with Crippen molar-refractivity contribution in [2.24, 2.45) is 4.99 Å². The molecule has 1 unspecified atom stereocenters. The van der Waals surface area contributed by atoms with Gasteiger partial charge >= 0.3 is 5.97 Å². The van der Waals surface area contributed by atoms with Crippen molar-refractivity contribution in [3.63, 3.8) is 0 Å². The number of rotatable bonds is 5. The van der Waals surface area contributed by atoms with E-state index in [1.165, 1.54) is 28.0 Å². The molecule has 0 bridgehead atoms.